The van der Waals surface area contributed by atoms with Crippen LogP contribution in [0, 0.1) is 0 Å². The molecule has 0 saturated carbocycles. The van der Waals surface area contributed by atoms with Crippen molar-refractivity contribution < 1.29 is 8.42 Å². The first kappa shape index (κ1) is 15.8. The zero-order valence-electron chi connectivity index (χ0n) is 12.0. The van der Waals surface area contributed by atoms with Crippen LogP contribution in [0.3, 0.4) is 0 Å². The second-order valence-electron chi connectivity index (χ2n) is 5.02. The summed E-state index contributed by atoms with van der Waals surface area (Å²) in [6.07, 6.45) is 1.17. The average Bonchev–Trinajstić information content (AvgIpc) is 2.29. The van der Waals surface area contributed by atoms with Gasteiger partial charge in [0.25, 0.3) is 0 Å². The van der Waals surface area contributed by atoms with Crippen molar-refractivity contribution in [3.8, 4) is 0 Å². The molecule has 0 unspecified atom stereocenters. The maximum absolute atomic E-state index is 11.4. The Kier molecular flexibility index (Phi) is 5.20. The predicted molar refractivity (Wildman–Crippen MR) is 80.2 cm³/mol. The minimum atomic E-state index is -3.20. The topological polar surface area (TPSA) is 75.4 Å². The largest absolute Gasteiger partial charge is 0.397 e. The molecule has 0 radical (unpaired) electrons. The summed E-state index contributed by atoms with van der Waals surface area (Å²) in [5.41, 5.74) is 7.08. The van der Waals surface area contributed by atoms with Gasteiger partial charge in [-0.1, -0.05) is 0 Å². The van der Waals surface area contributed by atoms with Gasteiger partial charge in [0.05, 0.1) is 16.3 Å². The van der Waals surface area contributed by atoms with Crippen LogP contribution in [0.4, 0.5) is 11.4 Å². The number of anilines is 2. The molecule has 19 heavy (non-hydrogen) atoms. The Labute approximate surface area is 115 Å². The van der Waals surface area contributed by atoms with Gasteiger partial charge in [0, 0.05) is 25.4 Å². The van der Waals surface area contributed by atoms with Crippen molar-refractivity contribution in [2.24, 2.45) is 0 Å². The van der Waals surface area contributed by atoms with E-state index >= 15 is 0 Å². The SMILES string of the molecule is CC(C)N(C)CCNc1ccc(S(C)(=O)=O)cc1N. The lowest BCUT2D eigenvalue weighted by molar-refractivity contribution is 0.284. The molecule has 1 aromatic carbocycles. The Bertz CT molecular complexity index is 527. The first-order chi connectivity index (χ1) is 8.71. The smallest absolute Gasteiger partial charge is 0.175 e. The molecule has 108 valence electrons. The Hall–Kier alpha value is -1.27. The number of hydrogen-bond acceptors (Lipinski definition) is 5. The summed E-state index contributed by atoms with van der Waals surface area (Å²) >= 11 is 0. The molecular weight excluding hydrogens is 262 g/mol. The number of rotatable bonds is 6. The minimum Gasteiger partial charge on any atom is -0.397 e. The van der Waals surface area contributed by atoms with E-state index in [0.29, 0.717) is 11.7 Å². The summed E-state index contributed by atoms with van der Waals surface area (Å²) in [4.78, 5) is 2.46. The second-order valence-corrected chi connectivity index (χ2v) is 7.04. The lowest BCUT2D eigenvalue weighted by Gasteiger charge is -2.21. The van der Waals surface area contributed by atoms with Gasteiger partial charge in [-0.25, -0.2) is 8.42 Å². The Morgan fingerprint density at radius 2 is 2.00 bits per heavy atom. The highest BCUT2D eigenvalue weighted by Crippen LogP contribution is 2.22. The molecular formula is C13H23N3O2S. The van der Waals surface area contributed by atoms with Gasteiger partial charge < -0.3 is 16.0 Å². The standard InChI is InChI=1S/C13H23N3O2S/c1-10(2)16(3)8-7-15-13-6-5-11(9-12(13)14)19(4,17)18/h5-6,9-10,15H,7-8,14H2,1-4H3. The summed E-state index contributed by atoms with van der Waals surface area (Å²) in [7, 11) is -1.15. The van der Waals surface area contributed by atoms with Crippen molar-refractivity contribution in [1.82, 2.24) is 4.90 Å². The lowest BCUT2D eigenvalue weighted by atomic mass is 10.2. The molecule has 0 heterocycles. The van der Waals surface area contributed by atoms with Crippen LogP contribution in [-0.2, 0) is 9.84 Å². The maximum atomic E-state index is 11.4. The summed E-state index contributed by atoms with van der Waals surface area (Å²) < 4.78 is 22.8. The summed E-state index contributed by atoms with van der Waals surface area (Å²) in [6.45, 7) is 5.92. The van der Waals surface area contributed by atoms with Gasteiger partial charge in [0.15, 0.2) is 9.84 Å². The number of nitrogen functional groups attached to an aromatic ring is 1. The molecule has 0 amide bonds. The van der Waals surface area contributed by atoms with E-state index in [2.05, 4.69) is 31.1 Å². The predicted octanol–water partition coefficient (Wildman–Crippen LogP) is 1.42. The van der Waals surface area contributed by atoms with Crippen molar-refractivity contribution >= 4 is 21.2 Å². The van der Waals surface area contributed by atoms with E-state index in [1.807, 2.05) is 0 Å². The minimum absolute atomic E-state index is 0.245. The molecule has 0 aliphatic carbocycles. The van der Waals surface area contributed by atoms with Crippen LogP contribution in [0.5, 0.6) is 0 Å². The quantitative estimate of drug-likeness (QED) is 0.773. The number of nitrogens with two attached hydrogens (primary N) is 1. The molecule has 5 nitrogen and oxygen atoms in total. The molecule has 0 aromatic heterocycles. The fourth-order valence-corrected chi connectivity index (χ4v) is 2.21. The van der Waals surface area contributed by atoms with Gasteiger partial charge in [-0.3, -0.25) is 0 Å². The van der Waals surface area contributed by atoms with Gasteiger partial charge in [-0.05, 0) is 39.1 Å². The number of nitrogens with one attached hydrogen (secondary N) is 1. The zero-order chi connectivity index (χ0) is 14.6. The number of benzene rings is 1. The highest BCUT2D eigenvalue weighted by molar-refractivity contribution is 7.90. The number of sulfone groups is 1. The summed E-state index contributed by atoms with van der Waals surface area (Å²) in [5, 5.41) is 3.22. The van der Waals surface area contributed by atoms with Crippen LogP contribution in [-0.4, -0.2) is 45.8 Å². The maximum Gasteiger partial charge on any atom is 0.175 e. The summed E-state index contributed by atoms with van der Waals surface area (Å²) in [6, 6.07) is 5.26. The molecule has 6 heteroatoms. The van der Waals surface area contributed by atoms with Crippen molar-refractivity contribution in [2.75, 3.05) is 37.4 Å². The third-order valence-electron chi connectivity index (χ3n) is 3.11. The van der Waals surface area contributed by atoms with E-state index in [1.54, 1.807) is 12.1 Å². The van der Waals surface area contributed by atoms with Crippen LogP contribution in [0.2, 0.25) is 0 Å². The van der Waals surface area contributed by atoms with E-state index in [1.165, 1.54) is 12.3 Å². The molecule has 0 atom stereocenters. The fourth-order valence-electron chi connectivity index (χ4n) is 1.56. The van der Waals surface area contributed by atoms with Crippen LogP contribution in [0.25, 0.3) is 0 Å². The number of likely N-dealkylation sites (N-methyl/N-ethyl adjacent to an activating group) is 1. The first-order valence-corrected chi connectivity index (χ1v) is 8.14. The monoisotopic (exact) mass is 285 g/mol. The molecule has 0 bridgehead atoms. The van der Waals surface area contributed by atoms with Gasteiger partial charge in [-0.2, -0.15) is 0 Å². The first-order valence-electron chi connectivity index (χ1n) is 6.25. The Balaban J connectivity index is 2.66. The molecule has 0 fully saturated rings. The number of nitrogens with zero attached hydrogens (tertiary/aromatic N) is 1. The highest BCUT2D eigenvalue weighted by Gasteiger charge is 2.09. The van der Waals surface area contributed by atoms with Crippen LogP contribution in [0.15, 0.2) is 23.1 Å². The molecule has 1 aromatic rings. The summed E-state index contributed by atoms with van der Waals surface area (Å²) in [5.74, 6) is 0. The lowest BCUT2D eigenvalue weighted by Crippen LogP contribution is -2.31. The van der Waals surface area contributed by atoms with Gasteiger partial charge in [0.1, 0.15) is 0 Å². The van der Waals surface area contributed by atoms with Crippen molar-refractivity contribution in [1.29, 1.82) is 0 Å². The Morgan fingerprint density at radius 1 is 1.37 bits per heavy atom. The average molecular weight is 285 g/mol. The van der Waals surface area contributed by atoms with Gasteiger partial charge in [0.2, 0.25) is 0 Å². The van der Waals surface area contributed by atoms with Crippen LogP contribution in [0.1, 0.15) is 13.8 Å². The molecule has 3 N–H and O–H groups in total. The van der Waals surface area contributed by atoms with Gasteiger partial charge >= 0.3 is 0 Å². The van der Waals surface area contributed by atoms with E-state index in [9.17, 15) is 8.42 Å². The van der Waals surface area contributed by atoms with Crippen molar-refractivity contribution in [3.63, 3.8) is 0 Å². The van der Waals surface area contributed by atoms with Gasteiger partial charge in [-0.15, -0.1) is 0 Å². The molecule has 1 rings (SSSR count). The normalized spacial score (nSPS) is 12.1. The third kappa shape index (κ3) is 4.72. The zero-order valence-corrected chi connectivity index (χ0v) is 12.8. The van der Waals surface area contributed by atoms with E-state index in [4.69, 9.17) is 5.73 Å². The fraction of sp³-hybridized carbons (Fsp3) is 0.538. The molecule has 0 aliphatic rings. The second kappa shape index (κ2) is 6.25. The molecule has 0 aliphatic heterocycles. The highest BCUT2D eigenvalue weighted by atomic mass is 32.2. The van der Waals surface area contributed by atoms with Crippen molar-refractivity contribution in [3.05, 3.63) is 18.2 Å². The molecule has 0 spiro atoms. The van der Waals surface area contributed by atoms with Crippen LogP contribution >= 0.6 is 0 Å². The van der Waals surface area contributed by atoms with Crippen molar-refractivity contribution in [2.45, 2.75) is 24.8 Å². The molecule has 0 saturated heterocycles. The van der Waals surface area contributed by atoms with E-state index < -0.39 is 9.84 Å². The number of hydrogen-bond donors (Lipinski definition) is 2. The van der Waals surface area contributed by atoms with E-state index in [-0.39, 0.29) is 4.90 Å². The Morgan fingerprint density at radius 3 is 2.47 bits per heavy atom. The third-order valence-corrected chi connectivity index (χ3v) is 4.22. The van der Waals surface area contributed by atoms with E-state index in [0.717, 1.165) is 18.8 Å². The van der Waals surface area contributed by atoms with Crippen LogP contribution < -0.4 is 11.1 Å².